The largest absolute Gasteiger partial charge is 0.391 e. The zero-order chi connectivity index (χ0) is 21.7. The Labute approximate surface area is 173 Å². The van der Waals surface area contributed by atoms with E-state index in [1.165, 1.54) is 0 Å². The molecule has 1 saturated carbocycles. The Bertz CT molecular complexity index is 932. The second kappa shape index (κ2) is 7.51. The molecule has 30 heavy (non-hydrogen) atoms. The van der Waals surface area contributed by atoms with E-state index in [0.717, 1.165) is 23.5 Å². The van der Waals surface area contributed by atoms with Crippen LogP contribution in [-0.4, -0.2) is 50.8 Å². The molecule has 2 fully saturated rings. The topological polar surface area (TPSA) is 59.7 Å². The molecule has 3 heterocycles. The van der Waals surface area contributed by atoms with Gasteiger partial charge in [0.25, 0.3) is 0 Å². The standard InChI is InChI=1S/C21H27F3N4O2/c1-13-8-17(18-10-27(12-29)20(2,3)11-30-18)28-19(25-13)9-16(26-28)14-4-6-15(7-5-14)21(22,23)24/h8-9,12,14-15,18H,4-7,10-11H2,1-3H3/t14?,15?,18-/m0/s1. The van der Waals surface area contributed by atoms with E-state index in [1.54, 1.807) is 9.42 Å². The van der Waals surface area contributed by atoms with Crippen molar-refractivity contribution in [3.63, 3.8) is 0 Å². The number of nitrogens with zero attached hydrogens (tertiary/aromatic N) is 4. The Kier molecular flexibility index (Phi) is 5.28. The monoisotopic (exact) mass is 424 g/mol. The predicted octanol–water partition coefficient (Wildman–Crippen LogP) is 4.18. The summed E-state index contributed by atoms with van der Waals surface area (Å²) in [6.45, 7) is 6.59. The Balaban J connectivity index is 1.61. The van der Waals surface area contributed by atoms with Crippen molar-refractivity contribution < 1.29 is 22.7 Å². The number of amides is 1. The number of hydrogen-bond acceptors (Lipinski definition) is 4. The zero-order valence-corrected chi connectivity index (χ0v) is 17.4. The summed E-state index contributed by atoms with van der Waals surface area (Å²) in [6, 6.07) is 3.77. The first kappa shape index (κ1) is 21.1. The maximum absolute atomic E-state index is 13.0. The molecule has 0 radical (unpaired) electrons. The van der Waals surface area contributed by atoms with Crippen molar-refractivity contribution in [1.82, 2.24) is 19.5 Å². The van der Waals surface area contributed by atoms with Crippen LogP contribution >= 0.6 is 0 Å². The van der Waals surface area contributed by atoms with E-state index in [9.17, 15) is 18.0 Å². The highest BCUT2D eigenvalue weighted by Crippen LogP contribution is 2.42. The van der Waals surface area contributed by atoms with E-state index < -0.39 is 12.1 Å². The lowest BCUT2D eigenvalue weighted by Gasteiger charge is -2.43. The summed E-state index contributed by atoms with van der Waals surface area (Å²) >= 11 is 0. The highest BCUT2D eigenvalue weighted by atomic mass is 19.4. The Morgan fingerprint density at radius 3 is 2.53 bits per heavy atom. The Morgan fingerprint density at radius 1 is 1.20 bits per heavy atom. The Morgan fingerprint density at radius 2 is 1.90 bits per heavy atom. The maximum atomic E-state index is 13.0. The van der Waals surface area contributed by atoms with Crippen molar-refractivity contribution in [1.29, 1.82) is 0 Å². The normalized spacial score (nSPS) is 27.4. The van der Waals surface area contributed by atoms with Gasteiger partial charge in [0.15, 0.2) is 5.65 Å². The molecule has 2 aromatic rings. The van der Waals surface area contributed by atoms with Crippen molar-refractivity contribution in [3.8, 4) is 0 Å². The van der Waals surface area contributed by atoms with Crippen LogP contribution in [0.15, 0.2) is 12.1 Å². The SMILES string of the molecule is Cc1cc([C@@H]2CN(C=O)C(C)(C)CO2)n2nc(C3CCC(C(F)(F)F)CC3)cc2n1. The number of aromatic nitrogens is 3. The number of halogens is 3. The minimum atomic E-state index is -4.12. The van der Waals surface area contributed by atoms with Gasteiger partial charge in [0.1, 0.15) is 6.10 Å². The van der Waals surface area contributed by atoms with Gasteiger partial charge < -0.3 is 9.64 Å². The second-order valence-corrected chi connectivity index (χ2v) is 9.12. The molecule has 0 aromatic carbocycles. The van der Waals surface area contributed by atoms with Gasteiger partial charge in [-0.25, -0.2) is 9.50 Å². The van der Waals surface area contributed by atoms with E-state index >= 15 is 0 Å². The van der Waals surface area contributed by atoms with Gasteiger partial charge in [0, 0.05) is 17.7 Å². The number of fused-ring (bicyclic) bond motifs is 1. The van der Waals surface area contributed by atoms with Crippen LogP contribution in [0.2, 0.25) is 0 Å². The highest BCUT2D eigenvalue weighted by Gasteiger charge is 2.42. The molecule has 6 nitrogen and oxygen atoms in total. The average Bonchev–Trinajstić information content (AvgIpc) is 3.10. The van der Waals surface area contributed by atoms with Crippen molar-refractivity contribution in [2.75, 3.05) is 13.2 Å². The van der Waals surface area contributed by atoms with Crippen LogP contribution in [0, 0.1) is 12.8 Å². The minimum Gasteiger partial charge on any atom is -0.368 e. The summed E-state index contributed by atoms with van der Waals surface area (Å²) in [5.41, 5.74) is 2.65. The van der Waals surface area contributed by atoms with Crippen molar-refractivity contribution >= 4 is 12.1 Å². The molecule has 2 aromatic heterocycles. The van der Waals surface area contributed by atoms with Gasteiger partial charge in [-0.3, -0.25) is 4.79 Å². The summed E-state index contributed by atoms with van der Waals surface area (Å²) in [6.07, 6.45) is -2.42. The first-order valence-electron chi connectivity index (χ1n) is 10.4. The third kappa shape index (κ3) is 3.91. The molecule has 9 heteroatoms. The lowest BCUT2D eigenvalue weighted by atomic mass is 9.80. The number of carbonyl (C=O) groups excluding carboxylic acids is 1. The Hall–Kier alpha value is -2.16. The first-order chi connectivity index (χ1) is 14.1. The molecular weight excluding hydrogens is 397 g/mol. The maximum Gasteiger partial charge on any atom is 0.391 e. The van der Waals surface area contributed by atoms with Gasteiger partial charge in [0.05, 0.1) is 36.0 Å². The fourth-order valence-corrected chi connectivity index (χ4v) is 4.52. The molecule has 0 unspecified atom stereocenters. The molecule has 1 saturated heterocycles. The van der Waals surface area contributed by atoms with Crippen LogP contribution < -0.4 is 0 Å². The van der Waals surface area contributed by atoms with E-state index in [2.05, 4.69) is 4.98 Å². The molecule has 0 N–H and O–H groups in total. The summed E-state index contributed by atoms with van der Waals surface area (Å²) in [7, 11) is 0. The number of carbonyl (C=O) groups is 1. The summed E-state index contributed by atoms with van der Waals surface area (Å²) in [5, 5.41) is 4.71. The zero-order valence-electron chi connectivity index (χ0n) is 17.4. The molecule has 1 aliphatic carbocycles. The molecule has 1 amide bonds. The van der Waals surface area contributed by atoms with E-state index in [1.807, 2.05) is 32.9 Å². The molecule has 164 valence electrons. The number of ether oxygens (including phenoxy) is 1. The summed E-state index contributed by atoms with van der Waals surface area (Å²) in [4.78, 5) is 17.8. The lowest BCUT2D eigenvalue weighted by Crippen LogP contribution is -2.53. The van der Waals surface area contributed by atoms with E-state index in [-0.39, 0.29) is 30.4 Å². The van der Waals surface area contributed by atoms with Crippen molar-refractivity contribution in [2.24, 2.45) is 5.92 Å². The molecule has 1 aliphatic heterocycles. The molecule has 1 atom stereocenters. The quantitative estimate of drug-likeness (QED) is 0.694. The van der Waals surface area contributed by atoms with Crippen LogP contribution in [0.5, 0.6) is 0 Å². The average molecular weight is 424 g/mol. The van der Waals surface area contributed by atoms with Crippen molar-refractivity contribution in [3.05, 3.63) is 29.2 Å². The summed E-state index contributed by atoms with van der Waals surface area (Å²) < 4.78 is 46.7. The smallest absolute Gasteiger partial charge is 0.368 e. The predicted molar refractivity (Wildman–Crippen MR) is 104 cm³/mol. The second-order valence-electron chi connectivity index (χ2n) is 9.12. The number of aryl methyl sites for hydroxylation is 1. The van der Waals surface area contributed by atoms with Gasteiger partial charge in [-0.05, 0) is 52.5 Å². The molecule has 0 spiro atoms. The van der Waals surface area contributed by atoms with Gasteiger partial charge >= 0.3 is 6.18 Å². The van der Waals surface area contributed by atoms with Gasteiger partial charge in [-0.1, -0.05) is 0 Å². The van der Waals surface area contributed by atoms with E-state index in [0.29, 0.717) is 31.6 Å². The fourth-order valence-electron chi connectivity index (χ4n) is 4.52. The van der Waals surface area contributed by atoms with Gasteiger partial charge in [0.2, 0.25) is 6.41 Å². The fraction of sp³-hybridized carbons (Fsp3) is 0.667. The number of rotatable bonds is 3. The third-order valence-electron chi connectivity index (χ3n) is 6.44. The summed E-state index contributed by atoms with van der Waals surface area (Å²) in [5.74, 6) is -1.22. The lowest BCUT2D eigenvalue weighted by molar-refractivity contribution is -0.182. The number of hydrogen-bond donors (Lipinski definition) is 0. The minimum absolute atomic E-state index is 0.00358. The van der Waals surface area contributed by atoms with Crippen molar-refractivity contribution in [2.45, 2.75) is 70.2 Å². The number of morpholine rings is 1. The molecule has 4 rings (SSSR count). The van der Waals surface area contributed by atoms with Gasteiger partial charge in [-0.15, -0.1) is 0 Å². The highest BCUT2D eigenvalue weighted by molar-refractivity contribution is 5.50. The third-order valence-corrected chi connectivity index (χ3v) is 6.44. The molecular formula is C21H27F3N4O2. The van der Waals surface area contributed by atoms with Gasteiger partial charge in [-0.2, -0.15) is 18.3 Å². The molecule has 2 aliphatic rings. The first-order valence-corrected chi connectivity index (χ1v) is 10.4. The van der Waals surface area contributed by atoms with Crippen LogP contribution in [0.1, 0.15) is 68.6 Å². The van der Waals surface area contributed by atoms with Crippen LogP contribution in [0.4, 0.5) is 13.2 Å². The number of alkyl halides is 3. The molecule has 0 bridgehead atoms. The van der Waals surface area contributed by atoms with Crippen LogP contribution in [0.3, 0.4) is 0 Å². The van der Waals surface area contributed by atoms with Crippen LogP contribution in [0.25, 0.3) is 5.65 Å². The van der Waals surface area contributed by atoms with Crippen LogP contribution in [-0.2, 0) is 9.53 Å². The van der Waals surface area contributed by atoms with E-state index in [4.69, 9.17) is 9.84 Å².